The number of carbonyl (C=O) groups is 1. The molecule has 0 N–H and O–H groups in total. The van der Waals surface area contributed by atoms with Gasteiger partial charge in [-0.15, -0.1) is 0 Å². The highest BCUT2D eigenvalue weighted by atomic mass is 32.2. The molecule has 2 saturated heterocycles. The Balaban J connectivity index is 1.87. The third kappa shape index (κ3) is 2.10. The number of benzene rings is 1. The molecule has 0 radical (unpaired) electrons. The number of nitrogens with zero attached hydrogens (tertiary/aromatic N) is 2. The summed E-state index contributed by atoms with van der Waals surface area (Å²) in [6.45, 7) is 0.860. The standard InChI is InChI=1S/C13H15FN2O3S/c14-11-3-1-2-4-12(11)20(18,19)15-7-8-16-10(9-15)5-6-13(16)17/h1-4,10H,5-9H2/t10-/m0/s1. The average Bonchev–Trinajstić information content (AvgIpc) is 2.80. The number of piperazine rings is 1. The van der Waals surface area contributed by atoms with E-state index >= 15 is 0 Å². The molecule has 2 aliphatic heterocycles. The van der Waals surface area contributed by atoms with Crippen LogP contribution in [-0.4, -0.2) is 49.2 Å². The molecule has 0 aromatic heterocycles. The summed E-state index contributed by atoms with van der Waals surface area (Å²) >= 11 is 0. The van der Waals surface area contributed by atoms with Crippen molar-refractivity contribution < 1.29 is 17.6 Å². The predicted octanol–water partition coefficient (Wildman–Crippen LogP) is 0.821. The van der Waals surface area contributed by atoms with E-state index in [2.05, 4.69) is 0 Å². The average molecular weight is 298 g/mol. The number of fused-ring (bicyclic) bond motifs is 1. The largest absolute Gasteiger partial charge is 0.337 e. The minimum atomic E-state index is -3.83. The van der Waals surface area contributed by atoms with E-state index in [0.717, 1.165) is 6.07 Å². The lowest BCUT2D eigenvalue weighted by atomic mass is 10.2. The van der Waals surface area contributed by atoms with Crippen LogP contribution in [0.1, 0.15) is 12.8 Å². The third-order valence-corrected chi connectivity index (χ3v) is 5.81. The van der Waals surface area contributed by atoms with Gasteiger partial charge in [-0.3, -0.25) is 4.79 Å². The first-order valence-electron chi connectivity index (χ1n) is 6.54. The number of rotatable bonds is 2. The van der Waals surface area contributed by atoms with Crippen molar-refractivity contribution in [2.24, 2.45) is 0 Å². The molecular formula is C13H15FN2O3S. The summed E-state index contributed by atoms with van der Waals surface area (Å²) in [6, 6.07) is 5.31. The quantitative estimate of drug-likeness (QED) is 0.812. The second-order valence-electron chi connectivity index (χ2n) is 5.07. The molecule has 2 heterocycles. The second-order valence-corrected chi connectivity index (χ2v) is 6.98. The molecule has 5 nitrogen and oxygen atoms in total. The molecule has 2 aliphatic rings. The van der Waals surface area contributed by atoms with Crippen LogP contribution in [0.2, 0.25) is 0 Å². The topological polar surface area (TPSA) is 57.7 Å². The van der Waals surface area contributed by atoms with E-state index in [1.165, 1.54) is 22.5 Å². The summed E-state index contributed by atoms with van der Waals surface area (Å²) in [7, 11) is -3.83. The van der Waals surface area contributed by atoms with Gasteiger partial charge in [0.1, 0.15) is 10.7 Å². The van der Waals surface area contributed by atoms with Crippen LogP contribution in [0.4, 0.5) is 4.39 Å². The van der Waals surface area contributed by atoms with E-state index in [1.54, 1.807) is 4.90 Å². The zero-order valence-corrected chi connectivity index (χ0v) is 11.6. The Labute approximate surface area is 117 Å². The molecule has 1 aromatic rings. The Morgan fingerprint density at radius 2 is 1.95 bits per heavy atom. The summed E-state index contributed by atoms with van der Waals surface area (Å²) in [6.07, 6.45) is 1.14. The van der Waals surface area contributed by atoms with Gasteiger partial charge in [0, 0.05) is 32.1 Å². The van der Waals surface area contributed by atoms with E-state index in [1.807, 2.05) is 0 Å². The normalized spacial score (nSPS) is 23.9. The van der Waals surface area contributed by atoms with Crippen molar-refractivity contribution in [2.75, 3.05) is 19.6 Å². The van der Waals surface area contributed by atoms with Crippen molar-refractivity contribution in [1.29, 1.82) is 0 Å². The van der Waals surface area contributed by atoms with Crippen LogP contribution in [0.5, 0.6) is 0 Å². The molecule has 0 spiro atoms. The van der Waals surface area contributed by atoms with Crippen LogP contribution < -0.4 is 0 Å². The lowest BCUT2D eigenvalue weighted by Crippen LogP contribution is -2.53. The molecule has 1 atom stereocenters. The highest BCUT2D eigenvalue weighted by Crippen LogP contribution is 2.27. The fourth-order valence-electron chi connectivity index (χ4n) is 2.85. The van der Waals surface area contributed by atoms with Gasteiger partial charge in [-0.2, -0.15) is 4.31 Å². The number of halogens is 1. The fourth-order valence-corrected chi connectivity index (χ4v) is 4.38. The first-order valence-corrected chi connectivity index (χ1v) is 7.98. The molecule has 1 aromatic carbocycles. The Morgan fingerprint density at radius 1 is 1.20 bits per heavy atom. The van der Waals surface area contributed by atoms with Crippen LogP contribution in [0.3, 0.4) is 0 Å². The van der Waals surface area contributed by atoms with Gasteiger partial charge in [0.05, 0.1) is 0 Å². The van der Waals surface area contributed by atoms with E-state index in [-0.39, 0.29) is 29.9 Å². The van der Waals surface area contributed by atoms with Crippen LogP contribution in [0, 0.1) is 5.82 Å². The minimum Gasteiger partial charge on any atom is -0.337 e. The molecule has 2 fully saturated rings. The first kappa shape index (κ1) is 13.5. The van der Waals surface area contributed by atoms with E-state index in [9.17, 15) is 17.6 Å². The van der Waals surface area contributed by atoms with Gasteiger partial charge in [-0.1, -0.05) is 12.1 Å². The van der Waals surface area contributed by atoms with Gasteiger partial charge >= 0.3 is 0 Å². The molecule has 0 unspecified atom stereocenters. The molecule has 108 valence electrons. The Morgan fingerprint density at radius 3 is 2.70 bits per heavy atom. The van der Waals surface area contributed by atoms with E-state index < -0.39 is 15.8 Å². The molecule has 0 saturated carbocycles. The van der Waals surface area contributed by atoms with Crippen molar-refractivity contribution in [3.63, 3.8) is 0 Å². The van der Waals surface area contributed by atoms with Crippen LogP contribution >= 0.6 is 0 Å². The highest BCUT2D eigenvalue weighted by Gasteiger charge is 2.40. The zero-order chi connectivity index (χ0) is 14.3. The maximum atomic E-state index is 13.7. The lowest BCUT2D eigenvalue weighted by molar-refractivity contribution is -0.130. The van der Waals surface area contributed by atoms with E-state index in [4.69, 9.17) is 0 Å². The third-order valence-electron chi connectivity index (χ3n) is 3.91. The molecule has 7 heteroatoms. The lowest BCUT2D eigenvalue weighted by Gasteiger charge is -2.36. The van der Waals surface area contributed by atoms with Crippen molar-refractivity contribution in [3.05, 3.63) is 30.1 Å². The molecule has 3 rings (SSSR count). The highest BCUT2D eigenvalue weighted by molar-refractivity contribution is 7.89. The number of amides is 1. The van der Waals surface area contributed by atoms with Gasteiger partial charge in [0.15, 0.2) is 0 Å². The van der Waals surface area contributed by atoms with Gasteiger partial charge in [0.25, 0.3) is 0 Å². The number of hydrogen-bond acceptors (Lipinski definition) is 3. The zero-order valence-electron chi connectivity index (χ0n) is 10.8. The Hall–Kier alpha value is -1.47. The molecule has 20 heavy (non-hydrogen) atoms. The molecule has 0 aliphatic carbocycles. The molecular weight excluding hydrogens is 283 g/mol. The van der Waals surface area contributed by atoms with E-state index in [0.29, 0.717) is 19.4 Å². The van der Waals surface area contributed by atoms with Crippen molar-refractivity contribution in [1.82, 2.24) is 9.21 Å². The Bertz CT molecular complexity index is 647. The summed E-state index contributed by atoms with van der Waals surface area (Å²) in [5.74, 6) is -0.657. The predicted molar refractivity (Wildman–Crippen MR) is 69.9 cm³/mol. The maximum Gasteiger partial charge on any atom is 0.246 e. The summed E-state index contributed by atoms with van der Waals surface area (Å²) < 4.78 is 39.9. The maximum absolute atomic E-state index is 13.7. The summed E-state index contributed by atoms with van der Waals surface area (Å²) in [4.78, 5) is 13.0. The summed E-state index contributed by atoms with van der Waals surface area (Å²) in [5, 5.41) is 0. The molecule has 1 amide bonds. The van der Waals surface area contributed by atoms with Gasteiger partial charge in [-0.25, -0.2) is 12.8 Å². The van der Waals surface area contributed by atoms with Gasteiger partial charge in [0.2, 0.25) is 15.9 Å². The minimum absolute atomic E-state index is 0.0715. The number of carbonyl (C=O) groups excluding carboxylic acids is 1. The number of hydrogen-bond donors (Lipinski definition) is 0. The second kappa shape index (κ2) is 4.82. The fraction of sp³-hybridized carbons (Fsp3) is 0.462. The van der Waals surface area contributed by atoms with Crippen LogP contribution in [0.15, 0.2) is 29.2 Å². The number of sulfonamides is 1. The van der Waals surface area contributed by atoms with Gasteiger partial charge in [-0.05, 0) is 18.6 Å². The SMILES string of the molecule is O=C1CC[C@H]2CN(S(=O)(=O)c3ccccc3F)CCN12. The summed E-state index contributed by atoms with van der Waals surface area (Å²) in [5.41, 5.74) is 0. The Kier molecular flexibility index (Phi) is 3.25. The molecule has 0 bridgehead atoms. The first-order chi connectivity index (χ1) is 9.50. The monoisotopic (exact) mass is 298 g/mol. The van der Waals surface area contributed by atoms with Crippen LogP contribution in [-0.2, 0) is 14.8 Å². The van der Waals surface area contributed by atoms with Crippen LogP contribution in [0.25, 0.3) is 0 Å². The van der Waals surface area contributed by atoms with Crippen molar-refractivity contribution in [3.8, 4) is 0 Å². The smallest absolute Gasteiger partial charge is 0.246 e. The van der Waals surface area contributed by atoms with Crippen molar-refractivity contribution in [2.45, 2.75) is 23.8 Å². The van der Waals surface area contributed by atoms with Gasteiger partial charge < -0.3 is 4.90 Å². The van der Waals surface area contributed by atoms with Crippen molar-refractivity contribution >= 4 is 15.9 Å².